The second kappa shape index (κ2) is 17.8. The van der Waals surface area contributed by atoms with Gasteiger partial charge in [0.1, 0.15) is 23.0 Å². The monoisotopic (exact) mass is 730 g/mol. The number of allylic oxidation sites excluding steroid dienone is 2. The smallest absolute Gasteiger partial charge is 0.162 e. The van der Waals surface area contributed by atoms with Crippen LogP contribution in [0.5, 0.6) is 23.0 Å². The number of hydrogen-bond acceptors (Lipinski definition) is 10. The Labute approximate surface area is 318 Å². The average molecular weight is 731 g/mol. The summed E-state index contributed by atoms with van der Waals surface area (Å²) >= 11 is 0. The molecular formula is C44H50N4O6. The predicted octanol–water partition coefficient (Wildman–Crippen LogP) is 9.36. The fourth-order valence-corrected chi connectivity index (χ4v) is 6.17. The molecule has 2 aliphatic carbocycles. The zero-order chi connectivity index (χ0) is 37.8. The highest BCUT2D eigenvalue weighted by Gasteiger charge is 2.35. The van der Waals surface area contributed by atoms with Crippen molar-refractivity contribution in [2.45, 2.75) is 43.7 Å². The molecule has 0 heterocycles. The Bertz CT molecular complexity index is 1920. The Morgan fingerprint density at radius 3 is 1.24 bits per heavy atom. The standard InChI is InChI=1S/C44H50N4O6/c1-6-38(54-44(48-37-13-21-42(52-5)22-14-37)29-25-35(26-30-44)46-33-9-17-40(50-3)18-10-33)31-53-43(47-36-11-19-41(51-4)20-12-36)27-23-34(24-28-43)45-32-7-15-39(49-2)16-8-32/h7-27,29,38,45-48H,6,28,30-31H2,1-5H3. The van der Waals surface area contributed by atoms with E-state index in [2.05, 4.69) is 58.6 Å². The van der Waals surface area contributed by atoms with Crippen LogP contribution in [0, 0.1) is 0 Å². The molecule has 0 aliphatic heterocycles. The third-order valence-corrected chi connectivity index (χ3v) is 9.32. The van der Waals surface area contributed by atoms with Crippen LogP contribution in [0.1, 0.15) is 26.2 Å². The van der Waals surface area contributed by atoms with Crippen molar-refractivity contribution in [3.8, 4) is 23.0 Å². The van der Waals surface area contributed by atoms with Gasteiger partial charge in [-0.3, -0.25) is 0 Å². The minimum absolute atomic E-state index is 0.254. The molecule has 0 aromatic heterocycles. The van der Waals surface area contributed by atoms with Gasteiger partial charge in [-0.25, -0.2) is 0 Å². The van der Waals surface area contributed by atoms with Crippen molar-refractivity contribution < 1.29 is 28.4 Å². The summed E-state index contributed by atoms with van der Waals surface area (Å²) in [4.78, 5) is 0. The maximum Gasteiger partial charge on any atom is 0.162 e. The van der Waals surface area contributed by atoms with Crippen molar-refractivity contribution in [2.24, 2.45) is 0 Å². The van der Waals surface area contributed by atoms with Gasteiger partial charge in [0.05, 0.1) is 41.2 Å². The number of benzene rings is 4. The molecule has 0 spiro atoms. The van der Waals surface area contributed by atoms with Gasteiger partial charge in [-0.1, -0.05) is 19.1 Å². The predicted molar refractivity (Wildman–Crippen MR) is 217 cm³/mol. The van der Waals surface area contributed by atoms with Gasteiger partial charge >= 0.3 is 0 Å². The molecule has 4 N–H and O–H groups in total. The molecule has 2 aliphatic rings. The maximum atomic E-state index is 7.00. The number of methoxy groups -OCH3 is 4. The Kier molecular flexibility index (Phi) is 12.5. The van der Waals surface area contributed by atoms with Crippen LogP contribution in [0.15, 0.2) is 145 Å². The largest absolute Gasteiger partial charge is 0.497 e. The summed E-state index contributed by atoms with van der Waals surface area (Å²) in [6.07, 6.45) is 14.2. The lowest BCUT2D eigenvalue weighted by atomic mass is 10.0. The van der Waals surface area contributed by atoms with Gasteiger partial charge in [0.15, 0.2) is 11.4 Å². The van der Waals surface area contributed by atoms with E-state index >= 15 is 0 Å². The molecule has 282 valence electrons. The number of rotatable bonds is 18. The number of hydrogen-bond donors (Lipinski definition) is 4. The van der Waals surface area contributed by atoms with Crippen LogP contribution >= 0.6 is 0 Å². The zero-order valence-corrected chi connectivity index (χ0v) is 31.6. The first-order valence-electron chi connectivity index (χ1n) is 18.1. The van der Waals surface area contributed by atoms with E-state index in [0.29, 0.717) is 19.4 Å². The Hall–Kier alpha value is -5.84. The fourth-order valence-electron chi connectivity index (χ4n) is 6.17. The van der Waals surface area contributed by atoms with Crippen LogP contribution in [-0.2, 0) is 9.47 Å². The van der Waals surface area contributed by atoms with E-state index in [1.807, 2.05) is 103 Å². The topological polar surface area (TPSA) is 104 Å². The second-order valence-electron chi connectivity index (χ2n) is 13.0. The summed E-state index contributed by atoms with van der Waals surface area (Å²) in [5.74, 6) is 3.19. The van der Waals surface area contributed by atoms with Crippen LogP contribution in [0.25, 0.3) is 0 Å². The summed E-state index contributed by atoms with van der Waals surface area (Å²) in [5, 5.41) is 14.3. The summed E-state index contributed by atoms with van der Waals surface area (Å²) in [5.41, 5.74) is 4.03. The van der Waals surface area contributed by atoms with Gasteiger partial charge in [0.25, 0.3) is 0 Å². The maximum absolute atomic E-state index is 7.00. The fraction of sp³-hybridized carbons (Fsp3) is 0.273. The minimum Gasteiger partial charge on any atom is -0.497 e. The highest BCUT2D eigenvalue weighted by atomic mass is 16.6. The van der Waals surface area contributed by atoms with Gasteiger partial charge in [0.2, 0.25) is 0 Å². The second-order valence-corrected chi connectivity index (χ2v) is 13.0. The van der Waals surface area contributed by atoms with E-state index in [0.717, 1.165) is 63.6 Å². The summed E-state index contributed by atoms with van der Waals surface area (Å²) in [6.45, 7) is 2.45. The van der Waals surface area contributed by atoms with Crippen molar-refractivity contribution in [1.82, 2.24) is 0 Å². The quantitative estimate of drug-likeness (QED) is 0.0741. The molecule has 0 saturated carbocycles. The Morgan fingerprint density at radius 1 is 0.519 bits per heavy atom. The minimum atomic E-state index is -0.835. The molecule has 10 heteroatoms. The first kappa shape index (κ1) is 37.9. The van der Waals surface area contributed by atoms with Gasteiger partial charge in [0, 0.05) is 47.0 Å². The van der Waals surface area contributed by atoms with Crippen LogP contribution in [0.4, 0.5) is 22.7 Å². The molecule has 0 radical (unpaired) electrons. The molecule has 3 unspecified atom stereocenters. The van der Waals surface area contributed by atoms with Crippen molar-refractivity contribution in [2.75, 3.05) is 56.3 Å². The molecular weight excluding hydrogens is 681 g/mol. The van der Waals surface area contributed by atoms with Crippen molar-refractivity contribution in [3.63, 3.8) is 0 Å². The molecule has 6 rings (SSSR count). The summed E-state index contributed by atoms with van der Waals surface area (Å²) < 4.78 is 35.3. The first-order chi connectivity index (χ1) is 26.3. The lowest BCUT2D eigenvalue weighted by Crippen LogP contribution is -2.47. The molecule has 0 saturated heterocycles. The van der Waals surface area contributed by atoms with E-state index in [9.17, 15) is 0 Å². The normalized spacial score (nSPS) is 19.5. The number of ether oxygens (including phenoxy) is 6. The number of nitrogens with one attached hydrogen (secondary N) is 4. The first-order valence-corrected chi connectivity index (χ1v) is 18.1. The van der Waals surface area contributed by atoms with E-state index in [1.165, 1.54) is 0 Å². The van der Waals surface area contributed by atoms with Gasteiger partial charge in [-0.2, -0.15) is 0 Å². The summed E-state index contributed by atoms with van der Waals surface area (Å²) in [7, 11) is 6.65. The molecule has 10 nitrogen and oxygen atoms in total. The van der Waals surface area contributed by atoms with Crippen molar-refractivity contribution >= 4 is 22.7 Å². The van der Waals surface area contributed by atoms with Crippen LogP contribution < -0.4 is 40.2 Å². The average Bonchev–Trinajstić information content (AvgIpc) is 3.22. The molecule has 4 aromatic rings. The third-order valence-electron chi connectivity index (χ3n) is 9.32. The van der Waals surface area contributed by atoms with E-state index in [1.54, 1.807) is 28.4 Å². The lowest BCUT2D eigenvalue weighted by molar-refractivity contribution is -0.107. The van der Waals surface area contributed by atoms with E-state index < -0.39 is 11.4 Å². The van der Waals surface area contributed by atoms with Crippen LogP contribution in [-0.4, -0.2) is 52.6 Å². The van der Waals surface area contributed by atoms with Gasteiger partial charge < -0.3 is 49.7 Å². The van der Waals surface area contributed by atoms with E-state index in [-0.39, 0.29) is 6.10 Å². The molecule has 0 bridgehead atoms. The zero-order valence-electron chi connectivity index (χ0n) is 31.6. The van der Waals surface area contributed by atoms with Crippen molar-refractivity contribution in [3.05, 3.63) is 145 Å². The molecule has 3 atom stereocenters. The number of anilines is 4. The SMILES string of the molecule is CCC(COC1(Nc2ccc(OC)cc2)C=CC(Nc2ccc(OC)cc2)=CC1)OC1(Nc2ccc(OC)cc2)C=CC(Nc2ccc(OC)cc2)=CC1. The highest BCUT2D eigenvalue weighted by Crippen LogP contribution is 2.33. The van der Waals surface area contributed by atoms with Crippen LogP contribution in [0.2, 0.25) is 0 Å². The Morgan fingerprint density at radius 2 is 0.889 bits per heavy atom. The van der Waals surface area contributed by atoms with E-state index in [4.69, 9.17) is 28.4 Å². The van der Waals surface area contributed by atoms with Crippen molar-refractivity contribution in [1.29, 1.82) is 0 Å². The highest BCUT2D eigenvalue weighted by molar-refractivity contribution is 5.57. The molecule has 54 heavy (non-hydrogen) atoms. The van der Waals surface area contributed by atoms with Gasteiger partial charge in [-0.15, -0.1) is 0 Å². The third kappa shape index (κ3) is 9.97. The molecule has 0 amide bonds. The summed E-state index contributed by atoms with van der Waals surface area (Å²) in [6, 6.07) is 31.4. The van der Waals surface area contributed by atoms with Gasteiger partial charge in [-0.05, 0) is 128 Å². The molecule has 4 aromatic carbocycles. The Balaban J connectivity index is 1.19. The lowest BCUT2D eigenvalue weighted by Gasteiger charge is -2.39. The van der Waals surface area contributed by atoms with Crippen LogP contribution in [0.3, 0.4) is 0 Å². The molecule has 0 fully saturated rings.